The van der Waals surface area contributed by atoms with Gasteiger partial charge in [0, 0.05) is 6.42 Å². The van der Waals surface area contributed by atoms with Gasteiger partial charge in [0.25, 0.3) is 0 Å². The highest BCUT2D eigenvalue weighted by atomic mass is 16.6. The topological polar surface area (TPSA) is 59.0 Å². The van der Waals surface area contributed by atoms with Crippen LogP contribution >= 0.6 is 0 Å². The van der Waals surface area contributed by atoms with Gasteiger partial charge in [-0.3, -0.25) is 4.90 Å². The van der Waals surface area contributed by atoms with Gasteiger partial charge >= 0.3 is 6.09 Å². The summed E-state index contributed by atoms with van der Waals surface area (Å²) >= 11 is 0. The first-order valence-electron chi connectivity index (χ1n) is 5.59. The van der Waals surface area contributed by atoms with Crippen molar-refractivity contribution in [3.8, 4) is 0 Å². The number of hydrogen-bond acceptors (Lipinski definition) is 4. The van der Waals surface area contributed by atoms with Gasteiger partial charge < -0.3 is 14.6 Å². The molecule has 2 aliphatic heterocycles. The number of amides is 1. The zero-order valence-corrected chi connectivity index (χ0v) is 10.0. The molecule has 0 aromatic heterocycles. The first-order chi connectivity index (χ1) is 7.36. The van der Waals surface area contributed by atoms with Crippen LogP contribution in [0, 0.1) is 0 Å². The molecule has 2 fully saturated rings. The number of aliphatic hydroxyl groups excluding tert-OH is 1. The fourth-order valence-corrected chi connectivity index (χ4v) is 2.30. The minimum Gasteiger partial charge on any atom is -0.444 e. The molecule has 0 aromatic rings. The van der Waals surface area contributed by atoms with Crippen molar-refractivity contribution in [3.05, 3.63) is 0 Å². The molecule has 2 aliphatic rings. The second kappa shape index (κ2) is 3.60. The third kappa shape index (κ3) is 1.89. The molecule has 92 valence electrons. The van der Waals surface area contributed by atoms with Crippen LogP contribution in [0.15, 0.2) is 0 Å². The Balaban J connectivity index is 2.08. The second-order valence-electron chi connectivity index (χ2n) is 5.61. The third-order valence-electron chi connectivity index (χ3n) is 3.06. The molecule has 0 aromatic carbocycles. The van der Waals surface area contributed by atoms with Gasteiger partial charge in [-0.05, 0) is 20.8 Å². The predicted octanol–water partition coefficient (Wildman–Crippen LogP) is 0.757. The Morgan fingerprint density at radius 1 is 1.62 bits per heavy atom. The standard InChI is InChI=1S/C11H19NO4/c1-10(2,3)16-9(14)12-5-8-4-11(12,6-13)7-15-8/h8,13H,4-7H2,1-3H3/t8-,11+/m1/s1. The Labute approximate surface area is 95.3 Å². The summed E-state index contributed by atoms with van der Waals surface area (Å²) in [6.45, 7) is 6.37. The van der Waals surface area contributed by atoms with Crippen LogP contribution in [0.5, 0.6) is 0 Å². The first kappa shape index (κ1) is 11.7. The number of hydrogen-bond donors (Lipinski definition) is 1. The summed E-state index contributed by atoms with van der Waals surface area (Å²) in [6, 6.07) is 0. The largest absolute Gasteiger partial charge is 0.444 e. The van der Waals surface area contributed by atoms with Crippen molar-refractivity contribution in [2.24, 2.45) is 0 Å². The van der Waals surface area contributed by atoms with E-state index in [9.17, 15) is 9.90 Å². The lowest BCUT2D eigenvalue weighted by Crippen LogP contribution is -2.55. The quantitative estimate of drug-likeness (QED) is 0.721. The van der Waals surface area contributed by atoms with Crippen molar-refractivity contribution in [3.63, 3.8) is 0 Å². The van der Waals surface area contributed by atoms with E-state index in [-0.39, 0.29) is 18.8 Å². The van der Waals surface area contributed by atoms with Crippen molar-refractivity contribution in [2.75, 3.05) is 19.8 Å². The highest BCUT2D eigenvalue weighted by molar-refractivity contribution is 5.70. The van der Waals surface area contributed by atoms with Gasteiger partial charge in [0.2, 0.25) is 0 Å². The van der Waals surface area contributed by atoms with Gasteiger partial charge in [-0.25, -0.2) is 4.79 Å². The molecular formula is C11H19NO4. The summed E-state index contributed by atoms with van der Waals surface area (Å²) in [5.74, 6) is 0. The smallest absolute Gasteiger partial charge is 0.411 e. The molecule has 0 radical (unpaired) electrons. The average molecular weight is 229 g/mol. The lowest BCUT2D eigenvalue weighted by atomic mass is 10.0. The van der Waals surface area contributed by atoms with Crippen molar-refractivity contribution in [1.29, 1.82) is 0 Å². The minimum absolute atomic E-state index is 0.0552. The highest BCUT2D eigenvalue weighted by Crippen LogP contribution is 2.38. The Bertz CT molecular complexity index is 299. The maximum Gasteiger partial charge on any atom is 0.411 e. The molecule has 2 atom stereocenters. The van der Waals surface area contributed by atoms with Crippen LogP contribution in [-0.4, -0.2) is 53.1 Å². The molecule has 0 unspecified atom stereocenters. The first-order valence-corrected chi connectivity index (χ1v) is 5.59. The van der Waals surface area contributed by atoms with Crippen LogP contribution in [-0.2, 0) is 9.47 Å². The van der Waals surface area contributed by atoms with Crippen LogP contribution in [0.4, 0.5) is 4.79 Å². The normalized spacial score (nSPS) is 33.2. The van der Waals surface area contributed by atoms with Crippen LogP contribution in [0.2, 0.25) is 0 Å². The summed E-state index contributed by atoms with van der Waals surface area (Å²) < 4.78 is 10.8. The van der Waals surface area contributed by atoms with E-state index in [4.69, 9.17) is 9.47 Å². The molecule has 2 heterocycles. The lowest BCUT2D eigenvalue weighted by Gasteiger charge is -2.37. The molecule has 0 saturated carbocycles. The molecule has 0 aliphatic carbocycles. The molecule has 2 rings (SSSR count). The van der Waals surface area contributed by atoms with Crippen molar-refractivity contribution >= 4 is 6.09 Å². The number of aliphatic hydroxyl groups is 1. The van der Waals surface area contributed by atoms with Gasteiger partial charge in [0.1, 0.15) is 5.60 Å². The van der Waals surface area contributed by atoms with Gasteiger partial charge in [-0.15, -0.1) is 0 Å². The van der Waals surface area contributed by atoms with Gasteiger partial charge in [0.15, 0.2) is 0 Å². The molecular weight excluding hydrogens is 210 g/mol. The van der Waals surface area contributed by atoms with Crippen LogP contribution < -0.4 is 0 Å². The predicted molar refractivity (Wildman–Crippen MR) is 57.1 cm³/mol. The maximum absolute atomic E-state index is 12.0. The number of likely N-dealkylation sites (tertiary alicyclic amines) is 1. The van der Waals surface area contributed by atoms with E-state index in [1.807, 2.05) is 20.8 Å². The van der Waals surface area contributed by atoms with E-state index in [0.717, 1.165) is 0 Å². The molecule has 1 N–H and O–H groups in total. The number of ether oxygens (including phenoxy) is 2. The van der Waals surface area contributed by atoms with E-state index >= 15 is 0 Å². The number of morpholine rings is 1. The Morgan fingerprint density at radius 3 is 2.81 bits per heavy atom. The van der Waals surface area contributed by atoms with E-state index < -0.39 is 11.1 Å². The second-order valence-corrected chi connectivity index (χ2v) is 5.61. The van der Waals surface area contributed by atoms with Crippen LogP contribution in [0.25, 0.3) is 0 Å². The van der Waals surface area contributed by atoms with Crippen molar-refractivity contribution < 1.29 is 19.4 Å². The summed E-state index contributed by atoms with van der Waals surface area (Å²) in [5.41, 5.74) is -1.05. The summed E-state index contributed by atoms with van der Waals surface area (Å²) in [6.07, 6.45) is 0.412. The van der Waals surface area contributed by atoms with Crippen molar-refractivity contribution in [2.45, 2.75) is 44.4 Å². The molecule has 2 bridgehead atoms. The van der Waals surface area contributed by atoms with Gasteiger partial charge in [-0.2, -0.15) is 0 Å². The monoisotopic (exact) mass is 229 g/mol. The summed E-state index contributed by atoms with van der Waals surface area (Å²) in [7, 11) is 0. The SMILES string of the molecule is CC(C)(C)OC(=O)N1C[C@H]2C[C@]1(CO)CO2. The molecule has 2 saturated heterocycles. The molecule has 1 amide bonds. The van der Waals surface area contributed by atoms with Crippen molar-refractivity contribution in [1.82, 2.24) is 4.90 Å². The van der Waals surface area contributed by atoms with E-state index in [1.54, 1.807) is 4.90 Å². The zero-order valence-electron chi connectivity index (χ0n) is 10.0. The fourth-order valence-electron chi connectivity index (χ4n) is 2.30. The van der Waals surface area contributed by atoms with E-state index in [0.29, 0.717) is 19.6 Å². The Morgan fingerprint density at radius 2 is 2.31 bits per heavy atom. The molecule has 16 heavy (non-hydrogen) atoms. The van der Waals surface area contributed by atoms with Crippen LogP contribution in [0.1, 0.15) is 27.2 Å². The maximum atomic E-state index is 12.0. The van der Waals surface area contributed by atoms with E-state index in [2.05, 4.69) is 0 Å². The molecule has 5 heteroatoms. The fraction of sp³-hybridized carbons (Fsp3) is 0.909. The minimum atomic E-state index is -0.549. The number of carbonyl (C=O) groups is 1. The van der Waals surface area contributed by atoms with Gasteiger partial charge in [-0.1, -0.05) is 0 Å². The highest BCUT2D eigenvalue weighted by Gasteiger charge is 2.54. The summed E-state index contributed by atoms with van der Waals surface area (Å²) in [5, 5.41) is 9.43. The Kier molecular flexibility index (Phi) is 2.62. The Hall–Kier alpha value is -0.810. The zero-order chi connectivity index (χ0) is 12.0. The number of fused-ring (bicyclic) bond motifs is 2. The lowest BCUT2D eigenvalue weighted by molar-refractivity contribution is -0.0476. The summed E-state index contributed by atoms with van der Waals surface area (Å²) in [4.78, 5) is 13.6. The van der Waals surface area contributed by atoms with E-state index in [1.165, 1.54) is 0 Å². The molecule has 5 nitrogen and oxygen atoms in total. The average Bonchev–Trinajstić information content (AvgIpc) is 2.72. The van der Waals surface area contributed by atoms with Gasteiger partial charge in [0.05, 0.1) is 31.4 Å². The third-order valence-corrected chi connectivity index (χ3v) is 3.06. The number of rotatable bonds is 1. The van der Waals surface area contributed by atoms with Crippen LogP contribution in [0.3, 0.4) is 0 Å². The number of nitrogens with zero attached hydrogens (tertiary/aromatic N) is 1. The number of carbonyl (C=O) groups excluding carboxylic acids is 1. The molecule has 0 spiro atoms.